The zero-order valence-corrected chi connectivity index (χ0v) is 10.8. The van der Waals surface area contributed by atoms with Crippen LogP contribution in [-0.4, -0.2) is 23.0 Å². The fraction of sp³-hybridized carbons (Fsp3) is 0.385. The van der Waals surface area contributed by atoms with E-state index in [9.17, 15) is 14.0 Å². The van der Waals surface area contributed by atoms with Crippen LogP contribution in [0.1, 0.15) is 30.6 Å². The maximum Gasteiger partial charge on any atom is 0.326 e. The zero-order valence-electron chi connectivity index (χ0n) is 10.8. The van der Waals surface area contributed by atoms with Crippen molar-refractivity contribution in [3.63, 3.8) is 0 Å². The molecule has 0 bridgehead atoms. The summed E-state index contributed by atoms with van der Waals surface area (Å²) >= 11 is 0. The Morgan fingerprint density at radius 1 is 1.42 bits per heavy atom. The third kappa shape index (κ3) is 4.24. The largest absolute Gasteiger partial charge is 0.480 e. The number of carboxylic acids is 1. The second-order valence-electron chi connectivity index (χ2n) is 4.72. The van der Waals surface area contributed by atoms with Crippen LogP contribution in [0.25, 0.3) is 0 Å². The molecular weight excluding hydrogens is 251 g/mol. The van der Waals surface area contributed by atoms with E-state index in [1.165, 1.54) is 12.1 Å². The van der Waals surface area contributed by atoms with Crippen LogP contribution in [0, 0.1) is 11.7 Å². The van der Waals surface area contributed by atoms with Crippen molar-refractivity contribution >= 4 is 17.6 Å². The first-order chi connectivity index (χ1) is 8.81. The van der Waals surface area contributed by atoms with Crippen LogP contribution >= 0.6 is 0 Å². The van der Waals surface area contributed by atoms with Gasteiger partial charge in [-0.3, -0.25) is 4.79 Å². The third-order valence-electron chi connectivity index (χ3n) is 2.59. The normalized spacial score (nSPS) is 12.2. The quantitative estimate of drug-likeness (QED) is 0.734. The highest BCUT2D eigenvalue weighted by molar-refractivity contribution is 5.93. The molecule has 1 unspecified atom stereocenters. The summed E-state index contributed by atoms with van der Waals surface area (Å²) in [6.07, 6.45) is 0.367. The van der Waals surface area contributed by atoms with E-state index < -0.39 is 23.7 Å². The Labute approximate surface area is 110 Å². The standard InChI is InChI=1S/C13H17FN2O3/c1-7(2)5-11(13(18)19)16-10-4-3-8(12(15)17)6-9(10)14/h3-4,6-7,11,16H,5H2,1-2H3,(H2,15,17)(H,18,19). The highest BCUT2D eigenvalue weighted by Gasteiger charge is 2.20. The lowest BCUT2D eigenvalue weighted by Crippen LogP contribution is -2.31. The second kappa shape index (κ2) is 6.17. The molecule has 1 atom stereocenters. The summed E-state index contributed by atoms with van der Waals surface area (Å²) in [6, 6.07) is 2.76. The van der Waals surface area contributed by atoms with E-state index in [0.717, 1.165) is 6.07 Å². The Bertz CT molecular complexity index is 489. The van der Waals surface area contributed by atoms with Crippen molar-refractivity contribution in [1.82, 2.24) is 0 Å². The number of nitrogens with two attached hydrogens (primary N) is 1. The smallest absolute Gasteiger partial charge is 0.326 e. The summed E-state index contributed by atoms with van der Waals surface area (Å²) in [6.45, 7) is 3.76. The molecule has 0 aliphatic rings. The highest BCUT2D eigenvalue weighted by Crippen LogP contribution is 2.18. The van der Waals surface area contributed by atoms with Crippen LogP contribution < -0.4 is 11.1 Å². The molecule has 0 heterocycles. The summed E-state index contributed by atoms with van der Waals surface area (Å²) in [5, 5.41) is 11.7. The van der Waals surface area contributed by atoms with Crippen molar-refractivity contribution in [2.45, 2.75) is 26.3 Å². The summed E-state index contributed by atoms with van der Waals surface area (Å²) in [7, 11) is 0. The Kier molecular flexibility index (Phi) is 4.86. The number of nitrogens with one attached hydrogen (secondary N) is 1. The van der Waals surface area contributed by atoms with E-state index in [4.69, 9.17) is 10.8 Å². The summed E-state index contributed by atoms with van der Waals surface area (Å²) in [5.74, 6) is -2.33. The van der Waals surface area contributed by atoms with E-state index in [1.807, 2.05) is 13.8 Å². The van der Waals surface area contributed by atoms with Gasteiger partial charge in [-0.25, -0.2) is 9.18 Å². The Morgan fingerprint density at radius 2 is 2.05 bits per heavy atom. The molecule has 1 aromatic carbocycles. The third-order valence-corrected chi connectivity index (χ3v) is 2.59. The summed E-state index contributed by atoms with van der Waals surface area (Å²) in [4.78, 5) is 21.9. The molecule has 0 aliphatic heterocycles. The van der Waals surface area contributed by atoms with Crippen LogP contribution in [0.4, 0.5) is 10.1 Å². The number of primary amides is 1. The van der Waals surface area contributed by atoms with Gasteiger partial charge in [0, 0.05) is 5.56 Å². The van der Waals surface area contributed by atoms with E-state index in [1.54, 1.807) is 0 Å². The molecule has 4 N–H and O–H groups in total. The lowest BCUT2D eigenvalue weighted by molar-refractivity contribution is -0.138. The van der Waals surface area contributed by atoms with Crippen molar-refractivity contribution in [3.8, 4) is 0 Å². The molecule has 104 valence electrons. The van der Waals surface area contributed by atoms with E-state index in [-0.39, 0.29) is 17.2 Å². The fourth-order valence-corrected chi connectivity index (χ4v) is 1.67. The van der Waals surface area contributed by atoms with Gasteiger partial charge in [-0.15, -0.1) is 0 Å². The topological polar surface area (TPSA) is 92.4 Å². The lowest BCUT2D eigenvalue weighted by Gasteiger charge is -2.18. The first kappa shape index (κ1) is 14.9. The van der Waals surface area contributed by atoms with E-state index in [2.05, 4.69) is 5.32 Å². The lowest BCUT2D eigenvalue weighted by atomic mass is 10.0. The van der Waals surface area contributed by atoms with Crippen molar-refractivity contribution in [2.24, 2.45) is 11.7 Å². The minimum absolute atomic E-state index is 0.0399. The predicted octanol–water partition coefficient (Wildman–Crippen LogP) is 1.84. The molecule has 0 aromatic heterocycles. The molecule has 5 nitrogen and oxygen atoms in total. The van der Waals surface area contributed by atoms with Crippen molar-refractivity contribution in [2.75, 3.05) is 5.32 Å². The molecule has 0 saturated carbocycles. The molecule has 0 saturated heterocycles. The molecular formula is C13H17FN2O3. The molecule has 0 aliphatic carbocycles. The number of aliphatic carboxylic acids is 1. The van der Waals surface area contributed by atoms with Gasteiger partial charge < -0.3 is 16.2 Å². The number of carbonyl (C=O) groups excluding carboxylic acids is 1. The number of anilines is 1. The fourth-order valence-electron chi connectivity index (χ4n) is 1.67. The Morgan fingerprint density at radius 3 is 2.47 bits per heavy atom. The molecule has 1 amide bonds. The number of hydrogen-bond donors (Lipinski definition) is 3. The Balaban J connectivity index is 2.91. The van der Waals surface area contributed by atoms with Crippen molar-refractivity contribution < 1.29 is 19.1 Å². The van der Waals surface area contributed by atoms with Gasteiger partial charge in [0.15, 0.2) is 0 Å². The molecule has 19 heavy (non-hydrogen) atoms. The highest BCUT2D eigenvalue weighted by atomic mass is 19.1. The van der Waals surface area contributed by atoms with Gasteiger partial charge in [0.2, 0.25) is 5.91 Å². The van der Waals surface area contributed by atoms with Crippen LogP contribution in [0.15, 0.2) is 18.2 Å². The monoisotopic (exact) mass is 268 g/mol. The zero-order chi connectivity index (χ0) is 14.6. The first-order valence-corrected chi connectivity index (χ1v) is 5.90. The average Bonchev–Trinajstić information content (AvgIpc) is 2.29. The number of halogens is 1. The number of rotatable bonds is 6. The number of hydrogen-bond acceptors (Lipinski definition) is 3. The molecule has 0 fully saturated rings. The van der Waals surface area contributed by atoms with Gasteiger partial charge in [-0.2, -0.15) is 0 Å². The maximum absolute atomic E-state index is 13.7. The summed E-state index contributed by atoms with van der Waals surface area (Å²) in [5.41, 5.74) is 5.11. The minimum Gasteiger partial charge on any atom is -0.480 e. The molecule has 0 radical (unpaired) electrons. The van der Waals surface area contributed by atoms with Gasteiger partial charge in [0.1, 0.15) is 11.9 Å². The van der Waals surface area contributed by atoms with Gasteiger partial charge in [-0.1, -0.05) is 13.8 Å². The molecule has 1 rings (SSSR count). The maximum atomic E-state index is 13.7. The minimum atomic E-state index is -1.05. The van der Waals surface area contributed by atoms with Gasteiger partial charge in [-0.05, 0) is 30.5 Å². The van der Waals surface area contributed by atoms with E-state index >= 15 is 0 Å². The van der Waals surface area contributed by atoms with Crippen molar-refractivity contribution in [1.29, 1.82) is 0 Å². The van der Waals surface area contributed by atoms with Crippen LogP contribution in [0.3, 0.4) is 0 Å². The average molecular weight is 268 g/mol. The van der Waals surface area contributed by atoms with Crippen LogP contribution in [-0.2, 0) is 4.79 Å². The van der Waals surface area contributed by atoms with Gasteiger partial charge in [0.05, 0.1) is 5.69 Å². The van der Waals surface area contributed by atoms with Crippen LogP contribution in [0.2, 0.25) is 0 Å². The van der Waals surface area contributed by atoms with Crippen LogP contribution in [0.5, 0.6) is 0 Å². The Hall–Kier alpha value is -2.11. The summed E-state index contributed by atoms with van der Waals surface area (Å²) < 4.78 is 13.7. The van der Waals surface area contributed by atoms with Crippen molar-refractivity contribution in [3.05, 3.63) is 29.6 Å². The van der Waals surface area contributed by atoms with Gasteiger partial charge >= 0.3 is 5.97 Å². The number of amides is 1. The predicted molar refractivity (Wildman–Crippen MR) is 69.4 cm³/mol. The number of benzene rings is 1. The SMILES string of the molecule is CC(C)CC(Nc1ccc(C(N)=O)cc1F)C(=O)O. The molecule has 6 heteroatoms. The van der Waals surface area contributed by atoms with E-state index in [0.29, 0.717) is 6.42 Å². The second-order valence-corrected chi connectivity index (χ2v) is 4.72. The number of carbonyl (C=O) groups is 2. The first-order valence-electron chi connectivity index (χ1n) is 5.90. The van der Waals surface area contributed by atoms with Gasteiger partial charge in [0.25, 0.3) is 0 Å². The molecule has 0 spiro atoms. The number of carboxylic acid groups (broad SMARTS) is 1. The molecule has 1 aromatic rings.